The average Bonchev–Trinajstić information content (AvgIpc) is 2.91. The Morgan fingerprint density at radius 2 is 2.10 bits per heavy atom. The Morgan fingerprint density at radius 1 is 1.33 bits per heavy atom. The molecule has 0 aliphatic heterocycles. The van der Waals surface area contributed by atoms with Crippen molar-refractivity contribution in [1.29, 1.82) is 0 Å². The summed E-state index contributed by atoms with van der Waals surface area (Å²) in [5, 5.41) is 15.7. The van der Waals surface area contributed by atoms with Crippen LogP contribution in [0.25, 0.3) is 0 Å². The molecule has 21 heavy (non-hydrogen) atoms. The van der Waals surface area contributed by atoms with Crippen molar-refractivity contribution in [3.8, 4) is 11.8 Å². The van der Waals surface area contributed by atoms with Crippen LogP contribution >= 0.6 is 0 Å². The Labute approximate surface area is 123 Å². The van der Waals surface area contributed by atoms with Gasteiger partial charge in [0.25, 0.3) is 5.91 Å². The van der Waals surface area contributed by atoms with Crippen LogP contribution in [0.5, 0.6) is 0 Å². The molecule has 1 amide bonds. The van der Waals surface area contributed by atoms with E-state index in [0.29, 0.717) is 18.5 Å². The Morgan fingerprint density at radius 3 is 2.71 bits per heavy atom. The van der Waals surface area contributed by atoms with E-state index in [1.165, 1.54) is 0 Å². The van der Waals surface area contributed by atoms with Crippen molar-refractivity contribution in [1.82, 2.24) is 15.1 Å². The number of carbonyl (C=O) groups is 1. The molecule has 1 aromatic heterocycles. The number of amides is 1. The van der Waals surface area contributed by atoms with Crippen LogP contribution in [-0.4, -0.2) is 33.9 Å². The fourth-order valence-electron chi connectivity index (χ4n) is 1.85. The number of hydrogen-bond acceptors (Lipinski definition) is 3. The first-order valence-electron chi connectivity index (χ1n) is 6.65. The molecule has 0 spiro atoms. The number of aliphatic hydroxyl groups excluding tert-OH is 1. The van der Waals surface area contributed by atoms with Crippen LogP contribution in [0.3, 0.4) is 0 Å². The summed E-state index contributed by atoms with van der Waals surface area (Å²) in [6, 6.07) is 8.89. The number of aryl methyl sites for hydroxylation is 1. The number of rotatable bonds is 4. The van der Waals surface area contributed by atoms with Gasteiger partial charge in [-0.25, -0.2) is 0 Å². The van der Waals surface area contributed by atoms with Gasteiger partial charge in [-0.2, -0.15) is 5.10 Å². The number of aromatic nitrogens is 2. The molecule has 0 radical (unpaired) electrons. The van der Waals surface area contributed by atoms with Crippen molar-refractivity contribution < 1.29 is 9.90 Å². The van der Waals surface area contributed by atoms with Crippen molar-refractivity contribution in [2.24, 2.45) is 7.05 Å². The molecule has 2 aromatic rings. The van der Waals surface area contributed by atoms with E-state index in [-0.39, 0.29) is 12.5 Å². The monoisotopic (exact) mass is 283 g/mol. The van der Waals surface area contributed by atoms with Crippen LogP contribution in [0.4, 0.5) is 0 Å². The van der Waals surface area contributed by atoms with E-state index in [9.17, 15) is 4.79 Å². The fraction of sp³-hybridized carbons (Fsp3) is 0.250. The van der Waals surface area contributed by atoms with Gasteiger partial charge in [-0.1, -0.05) is 11.8 Å². The minimum atomic E-state index is -0.171. The normalized spacial score (nSPS) is 9.81. The Balaban J connectivity index is 1.85. The number of nitrogens with one attached hydrogen (secondary N) is 1. The van der Waals surface area contributed by atoms with Gasteiger partial charge in [0.05, 0.1) is 5.69 Å². The van der Waals surface area contributed by atoms with E-state index in [2.05, 4.69) is 22.3 Å². The van der Waals surface area contributed by atoms with Crippen molar-refractivity contribution in [3.05, 3.63) is 53.3 Å². The third-order valence-corrected chi connectivity index (χ3v) is 2.89. The fourth-order valence-corrected chi connectivity index (χ4v) is 1.85. The molecule has 0 aliphatic carbocycles. The largest absolute Gasteiger partial charge is 0.384 e. The Kier molecular flexibility index (Phi) is 5.13. The highest BCUT2D eigenvalue weighted by molar-refractivity contribution is 5.94. The van der Waals surface area contributed by atoms with Crippen molar-refractivity contribution >= 4 is 5.91 Å². The summed E-state index contributed by atoms with van der Waals surface area (Å²) in [5.74, 6) is 5.23. The molecule has 5 nitrogen and oxygen atoms in total. The van der Waals surface area contributed by atoms with E-state index < -0.39 is 0 Å². The molecule has 2 rings (SSSR count). The maximum absolute atomic E-state index is 12.0. The predicted octanol–water partition coefficient (Wildman–Crippen LogP) is 0.736. The molecule has 0 fully saturated rings. The summed E-state index contributed by atoms with van der Waals surface area (Å²) in [6.45, 7) is 0.373. The second-order valence-electron chi connectivity index (χ2n) is 4.52. The highest BCUT2D eigenvalue weighted by Gasteiger charge is 2.05. The van der Waals surface area contributed by atoms with Gasteiger partial charge in [-0.15, -0.1) is 0 Å². The Bertz CT molecular complexity index is 663. The number of hydrogen-bond donors (Lipinski definition) is 2. The van der Waals surface area contributed by atoms with Crippen LogP contribution in [0, 0.1) is 11.8 Å². The standard InChI is InChI=1S/C16H17N3O2/c1-19-11-9-15(18-19)8-10-17-16(21)14-6-4-13(5-7-14)3-2-12-20/h4-7,9,11,20H,8,10,12H2,1H3,(H,17,21). The SMILES string of the molecule is Cn1ccc(CCNC(=O)c2ccc(C#CCO)cc2)n1. The van der Waals surface area contributed by atoms with Gasteiger partial charge >= 0.3 is 0 Å². The molecule has 0 atom stereocenters. The van der Waals surface area contributed by atoms with Gasteiger partial charge in [0, 0.05) is 37.3 Å². The lowest BCUT2D eigenvalue weighted by atomic mass is 10.1. The first kappa shape index (κ1) is 14.8. The van der Waals surface area contributed by atoms with Gasteiger partial charge in [0.2, 0.25) is 0 Å². The third-order valence-electron chi connectivity index (χ3n) is 2.89. The summed E-state index contributed by atoms with van der Waals surface area (Å²) in [4.78, 5) is 12.0. The molecular weight excluding hydrogens is 266 g/mol. The van der Waals surface area contributed by atoms with Crippen molar-refractivity contribution in [3.63, 3.8) is 0 Å². The topological polar surface area (TPSA) is 67.2 Å². The molecule has 0 bridgehead atoms. The molecule has 2 N–H and O–H groups in total. The molecule has 0 aliphatic rings. The van der Waals surface area contributed by atoms with Crippen LogP contribution in [0.15, 0.2) is 36.5 Å². The molecule has 108 valence electrons. The molecule has 0 unspecified atom stereocenters. The molecule has 1 heterocycles. The van der Waals surface area contributed by atoms with E-state index in [0.717, 1.165) is 11.3 Å². The predicted molar refractivity (Wildman–Crippen MR) is 79.7 cm³/mol. The van der Waals surface area contributed by atoms with Crippen LogP contribution in [-0.2, 0) is 13.5 Å². The zero-order chi connectivity index (χ0) is 15.1. The van der Waals surface area contributed by atoms with E-state index in [1.807, 2.05) is 19.3 Å². The van der Waals surface area contributed by atoms with Crippen molar-refractivity contribution in [2.75, 3.05) is 13.2 Å². The molecule has 5 heteroatoms. The summed E-state index contributed by atoms with van der Waals surface area (Å²) >= 11 is 0. The van der Waals surface area contributed by atoms with Crippen molar-refractivity contribution in [2.45, 2.75) is 6.42 Å². The lowest BCUT2D eigenvalue weighted by Crippen LogP contribution is -2.25. The summed E-state index contributed by atoms with van der Waals surface area (Å²) in [7, 11) is 1.86. The van der Waals surface area contributed by atoms with Crippen LogP contribution in [0.2, 0.25) is 0 Å². The van der Waals surface area contributed by atoms with Gasteiger partial charge in [0.15, 0.2) is 0 Å². The maximum atomic E-state index is 12.0. The minimum absolute atomic E-state index is 0.118. The summed E-state index contributed by atoms with van der Waals surface area (Å²) < 4.78 is 1.74. The minimum Gasteiger partial charge on any atom is -0.384 e. The number of aliphatic hydroxyl groups is 1. The second-order valence-corrected chi connectivity index (χ2v) is 4.52. The highest BCUT2D eigenvalue weighted by atomic mass is 16.2. The smallest absolute Gasteiger partial charge is 0.251 e. The molecule has 1 aromatic carbocycles. The van der Waals surface area contributed by atoms with Crippen LogP contribution < -0.4 is 5.32 Å². The number of carbonyl (C=O) groups excluding carboxylic acids is 1. The summed E-state index contributed by atoms with van der Waals surface area (Å²) in [5.41, 5.74) is 2.31. The number of benzene rings is 1. The second kappa shape index (κ2) is 7.27. The number of nitrogens with zero attached hydrogens (tertiary/aromatic N) is 2. The first-order valence-corrected chi connectivity index (χ1v) is 6.65. The van der Waals surface area contributed by atoms with Crippen LogP contribution in [0.1, 0.15) is 21.6 Å². The lowest BCUT2D eigenvalue weighted by molar-refractivity contribution is 0.0954. The van der Waals surface area contributed by atoms with Gasteiger partial charge in [-0.05, 0) is 30.3 Å². The summed E-state index contributed by atoms with van der Waals surface area (Å²) in [6.07, 6.45) is 2.58. The maximum Gasteiger partial charge on any atom is 0.251 e. The Hall–Kier alpha value is -2.58. The zero-order valence-electron chi connectivity index (χ0n) is 11.8. The third kappa shape index (κ3) is 4.48. The van der Waals surface area contributed by atoms with E-state index in [1.54, 1.807) is 28.9 Å². The highest BCUT2D eigenvalue weighted by Crippen LogP contribution is 2.03. The molecular formula is C16H17N3O2. The lowest BCUT2D eigenvalue weighted by Gasteiger charge is -2.04. The quantitative estimate of drug-likeness (QED) is 0.813. The molecule has 0 saturated carbocycles. The van der Waals surface area contributed by atoms with Gasteiger partial charge in [-0.3, -0.25) is 9.48 Å². The first-order chi connectivity index (χ1) is 10.2. The van der Waals surface area contributed by atoms with E-state index in [4.69, 9.17) is 5.11 Å². The zero-order valence-corrected chi connectivity index (χ0v) is 11.8. The van der Waals surface area contributed by atoms with Gasteiger partial charge in [0.1, 0.15) is 6.61 Å². The average molecular weight is 283 g/mol. The molecule has 0 saturated heterocycles. The van der Waals surface area contributed by atoms with E-state index >= 15 is 0 Å². The van der Waals surface area contributed by atoms with Gasteiger partial charge < -0.3 is 10.4 Å².